The van der Waals surface area contributed by atoms with Crippen LogP contribution < -0.4 is 15.5 Å². The fraction of sp³-hybridized carbons (Fsp3) is 0.562. The summed E-state index contributed by atoms with van der Waals surface area (Å²) in [5.74, 6) is 1.02. The van der Waals surface area contributed by atoms with Gasteiger partial charge in [0.25, 0.3) is 0 Å². The van der Waals surface area contributed by atoms with Crippen molar-refractivity contribution in [3.05, 3.63) is 17.8 Å². The van der Waals surface area contributed by atoms with Crippen LogP contribution in [0.25, 0.3) is 10.2 Å². The number of amides is 1. The van der Waals surface area contributed by atoms with Crippen LogP contribution in [-0.2, 0) is 4.79 Å². The topological polar surface area (TPSA) is 70.2 Å². The molecule has 1 amide bonds. The van der Waals surface area contributed by atoms with Crippen LogP contribution in [0.3, 0.4) is 0 Å². The van der Waals surface area contributed by atoms with Gasteiger partial charge in [-0.2, -0.15) is 0 Å². The van der Waals surface area contributed by atoms with Crippen molar-refractivity contribution in [3.8, 4) is 0 Å². The highest BCUT2D eigenvalue weighted by molar-refractivity contribution is 7.16. The van der Waals surface area contributed by atoms with E-state index in [0.717, 1.165) is 54.9 Å². The second-order valence-corrected chi connectivity index (χ2v) is 7.12. The molecule has 2 fully saturated rings. The minimum atomic E-state index is -0.116. The molecule has 0 bridgehead atoms. The second-order valence-electron chi connectivity index (χ2n) is 6.23. The van der Waals surface area contributed by atoms with Crippen LogP contribution in [0.4, 0.5) is 5.82 Å². The van der Waals surface area contributed by atoms with E-state index in [1.165, 1.54) is 6.42 Å². The predicted octanol–water partition coefficient (Wildman–Crippen LogP) is 1.53. The van der Waals surface area contributed by atoms with Crippen LogP contribution in [0.15, 0.2) is 17.8 Å². The maximum atomic E-state index is 12.6. The number of nitrogens with one attached hydrogen (secondary N) is 2. The summed E-state index contributed by atoms with van der Waals surface area (Å²) in [5.41, 5.74) is 0. The molecule has 6 nitrogen and oxygen atoms in total. The summed E-state index contributed by atoms with van der Waals surface area (Å²) in [6.07, 6.45) is 5.86. The largest absolute Gasteiger partial charge is 0.353 e. The van der Waals surface area contributed by atoms with Crippen LogP contribution in [0.1, 0.15) is 25.7 Å². The first-order valence-corrected chi connectivity index (χ1v) is 9.17. The Bertz CT molecular complexity index is 697. The maximum Gasteiger partial charge on any atom is 0.242 e. The zero-order valence-corrected chi connectivity index (χ0v) is 13.8. The van der Waals surface area contributed by atoms with Crippen molar-refractivity contribution in [1.82, 2.24) is 20.6 Å². The van der Waals surface area contributed by atoms with Gasteiger partial charge in [0, 0.05) is 19.1 Å². The van der Waals surface area contributed by atoms with Gasteiger partial charge in [-0.25, -0.2) is 9.97 Å². The van der Waals surface area contributed by atoms with E-state index in [4.69, 9.17) is 0 Å². The van der Waals surface area contributed by atoms with Crippen molar-refractivity contribution in [2.24, 2.45) is 0 Å². The van der Waals surface area contributed by atoms with Crippen molar-refractivity contribution < 1.29 is 4.79 Å². The Morgan fingerprint density at radius 1 is 1.39 bits per heavy atom. The first kappa shape index (κ1) is 14.8. The molecule has 0 spiro atoms. The molecule has 122 valence electrons. The standard InChI is InChI=1S/C16H21N5OS/c22-15(18-9-11-3-1-6-17-11)13-4-2-7-21(13)14-12-5-8-23-16(12)20-10-19-14/h5,8,10-11,13,17H,1-4,6-7,9H2,(H,18,22). The SMILES string of the molecule is O=C(NCC1CCCN1)C1CCCN1c1ncnc2sccc12. The van der Waals surface area contributed by atoms with E-state index >= 15 is 0 Å². The lowest BCUT2D eigenvalue weighted by Crippen LogP contribution is -2.47. The molecule has 2 N–H and O–H groups in total. The van der Waals surface area contributed by atoms with Gasteiger partial charge in [0.2, 0.25) is 5.91 Å². The average Bonchev–Trinajstić information content (AvgIpc) is 3.32. The molecule has 2 aromatic heterocycles. The Labute approximate surface area is 139 Å². The molecule has 2 unspecified atom stereocenters. The zero-order chi connectivity index (χ0) is 15.6. The third-order valence-electron chi connectivity index (χ3n) is 4.75. The predicted molar refractivity (Wildman–Crippen MR) is 91.8 cm³/mol. The first-order valence-electron chi connectivity index (χ1n) is 8.29. The van der Waals surface area contributed by atoms with Crippen molar-refractivity contribution in [1.29, 1.82) is 0 Å². The minimum Gasteiger partial charge on any atom is -0.353 e. The van der Waals surface area contributed by atoms with Crippen molar-refractivity contribution in [3.63, 3.8) is 0 Å². The third kappa shape index (κ3) is 2.90. The summed E-state index contributed by atoms with van der Waals surface area (Å²) < 4.78 is 0. The van der Waals surface area contributed by atoms with E-state index in [9.17, 15) is 4.79 Å². The number of carbonyl (C=O) groups excluding carboxylic acids is 1. The average molecular weight is 331 g/mol. The highest BCUT2D eigenvalue weighted by atomic mass is 32.1. The Morgan fingerprint density at radius 3 is 3.22 bits per heavy atom. The summed E-state index contributed by atoms with van der Waals surface area (Å²) in [5, 5.41) is 9.62. The second kappa shape index (κ2) is 6.41. The van der Waals surface area contributed by atoms with Crippen LogP contribution in [-0.4, -0.2) is 47.6 Å². The molecular formula is C16H21N5OS. The van der Waals surface area contributed by atoms with Gasteiger partial charge in [-0.15, -0.1) is 11.3 Å². The van der Waals surface area contributed by atoms with Gasteiger partial charge in [-0.3, -0.25) is 4.79 Å². The summed E-state index contributed by atoms with van der Waals surface area (Å²) in [4.78, 5) is 24.5. The highest BCUT2D eigenvalue weighted by Crippen LogP contribution is 2.31. The van der Waals surface area contributed by atoms with Gasteiger partial charge in [-0.05, 0) is 43.7 Å². The van der Waals surface area contributed by atoms with E-state index in [0.29, 0.717) is 6.04 Å². The highest BCUT2D eigenvalue weighted by Gasteiger charge is 2.33. The van der Waals surface area contributed by atoms with Crippen LogP contribution in [0.5, 0.6) is 0 Å². The molecule has 7 heteroatoms. The Morgan fingerprint density at radius 2 is 2.35 bits per heavy atom. The Balaban J connectivity index is 1.49. The maximum absolute atomic E-state index is 12.6. The van der Waals surface area contributed by atoms with Crippen LogP contribution >= 0.6 is 11.3 Å². The van der Waals surface area contributed by atoms with E-state index in [-0.39, 0.29) is 11.9 Å². The quantitative estimate of drug-likeness (QED) is 0.889. The van der Waals surface area contributed by atoms with Crippen LogP contribution in [0.2, 0.25) is 0 Å². The minimum absolute atomic E-state index is 0.116. The third-order valence-corrected chi connectivity index (χ3v) is 5.57. The van der Waals surface area contributed by atoms with E-state index in [1.807, 2.05) is 11.4 Å². The molecule has 2 saturated heterocycles. The lowest BCUT2D eigenvalue weighted by Gasteiger charge is -2.25. The Hall–Kier alpha value is -1.73. The number of thiophene rings is 1. The van der Waals surface area contributed by atoms with Gasteiger partial charge in [-0.1, -0.05) is 0 Å². The number of nitrogens with zero attached hydrogens (tertiary/aromatic N) is 3. The van der Waals surface area contributed by atoms with Gasteiger partial charge < -0.3 is 15.5 Å². The molecule has 23 heavy (non-hydrogen) atoms. The van der Waals surface area contributed by atoms with E-state index in [1.54, 1.807) is 17.7 Å². The fourth-order valence-electron chi connectivity index (χ4n) is 3.57. The molecular weight excluding hydrogens is 310 g/mol. The number of aromatic nitrogens is 2. The number of anilines is 1. The van der Waals surface area contributed by atoms with Gasteiger partial charge in [0.05, 0.1) is 5.39 Å². The smallest absolute Gasteiger partial charge is 0.242 e. The number of hydrogen-bond donors (Lipinski definition) is 2. The summed E-state index contributed by atoms with van der Waals surface area (Å²) in [6.45, 7) is 2.66. The van der Waals surface area contributed by atoms with Crippen molar-refractivity contribution in [2.45, 2.75) is 37.8 Å². The normalized spacial score (nSPS) is 24.4. The molecule has 0 radical (unpaired) electrons. The van der Waals surface area contributed by atoms with E-state index in [2.05, 4.69) is 25.5 Å². The zero-order valence-electron chi connectivity index (χ0n) is 13.0. The molecule has 0 aromatic carbocycles. The van der Waals surface area contributed by atoms with Crippen LogP contribution in [0, 0.1) is 0 Å². The number of rotatable bonds is 4. The lowest BCUT2D eigenvalue weighted by molar-refractivity contribution is -0.122. The summed E-state index contributed by atoms with van der Waals surface area (Å²) in [7, 11) is 0. The Kier molecular flexibility index (Phi) is 4.13. The summed E-state index contributed by atoms with van der Waals surface area (Å²) in [6, 6.07) is 2.36. The first-order chi connectivity index (χ1) is 11.3. The molecule has 4 heterocycles. The molecule has 4 rings (SSSR count). The molecule has 2 aliphatic rings. The molecule has 2 aromatic rings. The fourth-order valence-corrected chi connectivity index (χ4v) is 4.30. The van der Waals surface area contributed by atoms with Crippen molar-refractivity contribution >= 4 is 33.3 Å². The van der Waals surface area contributed by atoms with Gasteiger partial charge >= 0.3 is 0 Å². The molecule has 0 saturated carbocycles. The van der Waals surface area contributed by atoms with E-state index < -0.39 is 0 Å². The number of fused-ring (bicyclic) bond motifs is 1. The van der Waals surface area contributed by atoms with Gasteiger partial charge in [0.1, 0.15) is 23.0 Å². The molecule has 2 atom stereocenters. The van der Waals surface area contributed by atoms with Gasteiger partial charge in [0.15, 0.2) is 0 Å². The molecule has 2 aliphatic heterocycles. The van der Waals surface area contributed by atoms with Crippen molar-refractivity contribution in [2.75, 3.05) is 24.5 Å². The number of carbonyl (C=O) groups is 1. The monoisotopic (exact) mass is 331 g/mol. The molecule has 0 aliphatic carbocycles. The number of hydrogen-bond acceptors (Lipinski definition) is 6. The summed E-state index contributed by atoms with van der Waals surface area (Å²) >= 11 is 1.61. The lowest BCUT2D eigenvalue weighted by atomic mass is 10.2.